The highest BCUT2D eigenvalue weighted by Crippen LogP contribution is 2.19. The van der Waals surface area contributed by atoms with E-state index < -0.39 is 12.2 Å². The van der Waals surface area contributed by atoms with Crippen LogP contribution in [-0.2, 0) is 17.6 Å². The average molecular weight is 298 g/mol. The van der Waals surface area contributed by atoms with Crippen molar-refractivity contribution < 1.29 is 24.8 Å². The van der Waals surface area contributed by atoms with Crippen LogP contribution in [-0.4, -0.2) is 54.0 Å². The van der Waals surface area contributed by atoms with E-state index in [1.54, 1.807) is 13.8 Å². The quantitative estimate of drug-likeness (QED) is 0.560. The second kappa shape index (κ2) is 9.73. The first kappa shape index (κ1) is 17.9. The van der Waals surface area contributed by atoms with Gasteiger partial charge in [-0.1, -0.05) is 6.07 Å². The first-order valence-electron chi connectivity index (χ1n) is 7.32. The van der Waals surface area contributed by atoms with Gasteiger partial charge in [-0.3, -0.25) is 0 Å². The van der Waals surface area contributed by atoms with Gasteiger partial charge < -0.3 is 24.8 Å². The van der Waals surface area contributed by atoms with Crippen LogP contribution in [0.1, 0.15) is 25.0 Å². The molecule has 21 heavy (non-hydrogen) atoms. The Kier molecular flexibility index (Phi) is 8.30. The molecule has 1 aromatic rings. The normalized spacial score (nSPS) is 14.0. The molecule has 0 aliphatic carbocycles. The molecule has 2 atom stereocenters. The van der Waals surface area contributed by atoms with E-state index in [4.69, 9.17) is 19.7 Å². The number of benzene rings is 1. The van der Waals surface area contributed by atoms with E-state index in [1.807, 2.05) is 18.2 Å². The maximum Gasteiger partial charge on any atom is 0.119 e. The lowest BCUT2D eigenvalue weighted by Gasteiger charge is -2.13. The van der Waals surface area contributed by atoms with Crippen LogP contribution >= 0.6 is 0 Å². The smallest absolute Gasteiger partial charge is 0.119 e. The van der Waals surface area contributed by atoms with Crippen molar-refractivity contribution in [2.45, 2.75) is 38.9 Å². The molecule has 0 aliphatic rings. The lowest BCUT2D eigenvalue weighted by atomic mass is 10.0. The van der Waals surface area contributed by atoms with Crippen molar-refractivity contribution in [3.63, 3.8) is 0 Å². The highest BCUT2D eigenvalue weighted by atomic mass is 16.5. The van der Waals surface area contributed by atoms with Gasteiger partial charge in [-0.25, -0.2) is 0 Å². The second-order valence-electron chi connectivity index (χ2n) is 5.24. The summed E-state index contributed by atoms with van der Waals surface area (Å²) in [6.45, 7) is 4.52. The Morgan fingerprint density at radius 2 is 1.71 bits per heavy atom. The SMILES string of the molecule is CC(O)COCCc1ccc(OCC(C)O)cc1CCO. The van der Waals surface area contributed by atoms with E-state index in [2.05, 4.69) is 0 Å². The van der Waals surface area contributed by atoms with Crippen molar-refractivity contribution >= 4 is 0 Å². The van der Waals surface area contributed by atoms with Crippen LogP contribution in [0.4, 0.5) is 0 Å². The molecule has 0 spiro atoms. The molecule has 0 aliphatic heterocycles. The Bertz CT molecular complexity index is 404. The molecule has 2 unspecified atom stereocenters. The number of hydrogen-bond acceptors (Lipinski definition) is 5. The van der Waals surface area contributed by atoms with Crippen molar-refractivity contribution in [2.75, 3.05) is 26.4 Å². The monoisotopic (exact) mass is 298 g/mol. The van der Waals surface area contributed by atoms with Crippen molar-refractivity contribution in [3.05, 3.63) is 29.3 Å². The van der Waals surface area contributed by atoms with Crippen molar-refractivity contribution in [1.82, 2.24) is 0 Å². The summed E-state index contributed by atoms with van der Waals surface area (Å²) < 4.78 is 10.8. The van der Waals surface area contributed by atoms with Crippen molar-refractivity contribution in [3.8, 4) is 5.75 Å². The zero-order valence-electron chi connectivity index (χ0n) is 12.8. The zero-order chi connectivity index (χ0) is 15.7. The predicted molar refractivity (Wildman–Crippen MR) is 80.6 cm³/mol. The van der Waals surface area contributed by atoms with Gasteiger partial charge in [0.25, 0.3) is 0 Å². The van der Waals surface area contributed by atoms with Gasteiger partial charge in [-0.05, 0) is 49.9 Å². The van der Waals surface area contributed by atoms with Gasteiger partial charge in [-0.2, -0.15) is 0 Å². The predicted octanol–water partition coefficient (Wildman–Crippen LogP) is 0.921. The molecule has 0 aromatic heterocycles. The van der Waals surface area contributed by atoms with E-state index in [9.17, 15) is 5.11 Å². The van der Waals surface area contributed by atoms with Crippen LogP contribution in [0.2, 0.25) is 0 Å². The molecule has 0 amide bonds. The maximum atomic E-state index is 9.23. The Hall–Kier alpha value is -1.14. The third kappa shape index (κ3) is 7.43. The highest BCUT2D eigenvalue weighted by Gasteiger charge is 2.06. The minimum atomic E-state index is -0.514. The largest absolute Gasteiger partial charge is 0.491 e. The summed E-state index contributed by atoms with van der Waals surface area (Å²) in [5.74, 6) is 0.688. The van der Waals surface area contributed by atoms with Crippen molar-refractivity contribution in [2.24, 2.45) is 0 Å². The first-order valence-corrected chi connectivity index (χ1v) is 7.32. The van der Waals surface area contributed by atoms with E-state index in [-0.39, 0.29) is 13.2 Å². The van der Waals surface area contributed by atoms with Gasteiger partial charge in [0.1, 0.15) is 12.4 Å². The zero-order valence-corrected chi connectivity index (χ0v) is 12.8. The molecule has 3 N–H and O–H groups in total. The summed E-state index contributed by atoms with van der Waals surface area (Å²) in [5.41, 5.74) is 2.11. The fourth-order valence-electron chi connectivity index (χ4n) is 1.94. The molecule has 5 heteroatoms. The minimum Gasteiger partial charge on any atom is -0.491 e. The molecule has 0 radical (unpaired) electrons. The number of ether oxygens (including phenoxy) is 2. The molecule has 120 valence electrons. The summed E-state index contributed by atoms with van der Waals surface area (Å²) in [6.07, 6.45) is 0.300. The number of rotatable bonds is 10. The van der Waals surface area contributed by atoms with E-state index in [1.165, 1.54) is 0 Å². The third-order valence-corrected chi connectivity index (χ3v) is 2.92. The van der Waals surface area contributed by atoms with Crippen LogP contribution in [0.15, 0.2) is 18.2 Å². The van der Waals surface area contributed by atoms with Gasteiger partial charge in [0.05, 0.1) is 25.4 Å². The molecule has 5 nitrogen and oxygen atoms in total. The average Bonchev–Trinajstić information content (AvgIpc) is 2.43. The summed E-state index contributed by atoms with van der Waals surface area (Å²) in [5, 5.41) is 27.5. The van der Waals surface area contributed by atoms with Crippen LogP contribution in [0, 0.1) is 0 Å². The number of hydrogen-bond donors (Lipinski definition) is 3. The molecule has 1 aromatic carbocycles. The summed E-state index contributed by atoms with van der Waals surface area (Å²) >= 11 is 0. The Balaban J connectivity index is 2.61. The molecule has 1 rings (SSSR count). The van der Waals surface area contributed by atoms with Crippen LogP contribution in [0.5, 0.6) is 5.75 Å². The van der Waals surface area contributed by atoms with E-state index >= 15 is 0 Å². The van der Waals surface area contributed by atoms with Gasteiger partial charge in [-0.15, -0.1) is 0 Å². The van der Waals surface area contributed by atoms with E-state index in [0.29, 0.717) is 25.4 Å². The molecule has 0 saturated heterocycles. The molecule has 0 bridgehead atoms. The van der Waals surface area contributed by atoms with Gasteiger partial charge in [0, 0.05) is 6.61 Å². The number of aliphatic hydroxyl groups excluding tert-OH is 3. The third-order valence-electron chi connectivity index (χ3n) is 2.92. The van der Waals surface area contributed by atoms with E-state index in [0.717, 1.165) is 17.5 Å². The topological polar surface area (TPSA) is 79.2 Å². The number of aliphatic hydroxyl groups is 3. The standard InChI is InChI=1S/C16H26O5/c1-12(18)10-20-8-6-14-3-4-16(21-11-13(2)19)9-15(14)5-7-17/h3-4,9,12-13,17-19H,5-8,10-11H2,1-2H3. The molecule has 0 heterocycles. The summed E-state index contributed by atoms with van der Waals surface area (Å²) in [7, 11) is 0. The van der Waals surface area contributed by atoms with Gasteiger partial charge in [0.15, 0.2) is 0 Å². The Morgan fingerprint density at radius 1 is 1.00 bits per heavy atom. The van der Waals surface area contributed by atoms with Crippen LogP contribution in [0.3, 0.4) is 0 Å². The fourth-order valence-corrected chi connectivity index (χ4v) is 1.94. The fraction of sp³-hybridized carbons (Fsp3) is 0.625. The molecular formula is C16H26O5. The maximum absolute atomic E-state index is 9.23. The Labute approximate surface area is 126 Å². The van der Waals surface area contributed by atoms with Crippen LogP contribution in [0.25, 0.3) is 0 Å². The first-order chi connectivity index (χ1) is 10.0. The molecule has 0 saturated carbocycles. The Morgan fingerprint density at radius 3 is 2.33 bits per heavy atom. The van der Waals surface area contributed by atoms with Crippen molar-refractivity contribution in [1.29, 1.82) is 0 Å². The lowest BCUT2D eigenvalue weighted by Crippen LogP contribution is -2.14. The minimum absolute atomic E-state index is 0.0708. The molecular weight excluding hydrogens is 272 g/mol. The summed E-state index contributed by atoms with van der Waals surface area (Å²) in [6, 6.07) is 5.70. The molecule has 0 fully saturated rings. The highest BCUT2D eigenvalue weighted by molar-refractivity contribution is 5.36. The summed E-state index contributed by atoms with van der Waals surface area (Å²) in [4.78, 5) is 0. The van der Waals surface area contributed by atoms with Crippen LogP contribution < -0.4 is 4.74 Å². The lowest BCUT2D eigenvalue weighted by molar-refractivity contribution is 0.0476. The second-order valence-corrected chi connectivity index (χ2v) is 5.24. The van der Waals surface area contributed by atoms with Gasteiger partial charge >= 0.3 is 0 Å². The van der Waals surface area contributed by atoms with Gasteiger partial charge in [0.2, 0.25) is 0 Å².